The highest BCUT2D eigenvalue weighted by atomic mass is 16.1. The average molecular weight is 234 g/mol. The summed E-state index contributed by atoms with van der Waals surface area (Å²) in [6.45, 7) is 3.70. The van der Waals surface area contributed by atoms with Gasteiger partial charge < -0.3 is 10.2 Å². The van der Waals surface area contributed by atoms with Crippen molar-refractivity contribution in [1.29, 1.82) is 0 Å². The van der Waals surface area contributed by atoms with Gasteiger partial charge in [0.1, 0.15) is 0 Å². The molecule has 1 aromatic carbocycles. The van der Waals surface area contributed by atoms with Crippen LogP contribution in [0.3, 0.4) is 0 Å². The van der Waals surface area contributed by atoms with E-state index in [1.165, 1.54) is 6.42 Å². The van der Waals surface area contributed by atoms with Gasteiger partial charge in [0.05, 0.1) is 0 Å². The quantitative estimate of drug-likeness (QED) is 0.581. The molecule has 94 valence electrons. The standard InChI is InChI=1S/C14H22N2O/c1-12(17)13-6-8-14(9-7-13)15-10-4-5-11-16(2)3/h6-9,15H,4-5,10-11H2,1-3H3. The molecule has 0 spiro atoms. The first-order valence-electron chi connectivity index (χ1n) is 6.09. The van der Waals surface area contributed by atoms with Gasteiger partial charge in [-0.05, 0) is 64.7 Å². The summed E-state index contributed by atoms with van der Waals surface area (Å²) in [5.74, 6) is 0.113. The fourth-order valence-corrected chi connectivity index (χ4v) is 1.61. The van der Waals surface area contributed by atoms with Crippen molar-refractivity contribution in [3.63, 3.8) is 0 Å². The van der Waals surface area contributed by atoms with Crippen molar-refractivity contribution < 1.29 is 4.79 Å². The molecular formula is C14H22N2O. The molecule has 1 rings (SSSR count). The zero-order valence-electron chi connectivity index (χ0n) is 11.0. The lowest BCUT2D eigenvalue weighted by Gasteiger charge is -2.10. The van der Waals surface area contributed by atoms with Crippen molar-refractivity contribution in [2.45, 2.75) is 19.8 Å². The van der Waals surface area contributed by atoms with E-state index in [2.05, 4.69) is 24.3 Å². The Kier molecular flexibility index (Phi) is 5.70. The molecular weight excluding hydrogens is 212 g/mol. The van der Waals surface area contributed by atoms with Crippen LogP contribution < -0.4 is 5.32 Å². The summed E-state index contributed by atoms with van der Waals surface area (Å²) in [6, 6.07) is 7.65. The maximum absolute atomic E-state index is 11.1. The van der Waals surface area contributed by atoms with Crippen molar-refractivity contribution in [2.75, 3.05) is 32.5 Å². The Morgan fingerprint density at radius 3 is 2.35 bits per heavy atom. The average Bonchev–Trinajstić information content (AvgIpc) is 2.29. The maximum atomic E-state index is 11.1. The van der Waals surface area contributed by atoms with Crippen LogP contribution in [0.2, 0.25) is 0 Å². The van der Waals surface area contributed by atoms with E-state index in [0.717, 1.165) is 30.8 Å². The van der Waals surface area contributed by atoms with Crippen LogP contribution in [0.25, 0.3) is 0 Å². The smallest absolute Gasteiger partial charge is 0.159 e. The van der Waals surface area contributed by atoms with E-state index < -0.39 is 0 Å². The number of hydrogen-bond acceptors (Lipinski definition) is 3. The Hall–Kier alpha value is -1.35. The van der Waals surface area contributed by atoms with Crippen molar-refractivity contribution in [2.24, 2.45) is 0 Å². The van der Waals surface area contributed by atoms with Gasteiger partial charge in [0.25, 0.3) is 0 Å². The highest BCUT2D eigenvalue weighted by Crippen LogP contribution is 2.10. The number of Topliss-reactive ketones (excluding diaryl/α,β-unsaturated/α-hetero) is 1. The SMILES string of the molecule is CC(=O)c1ccc(NCCCCN(C)C)cc1. The third kappa shape index (κ3) is 5.50. The molecule has 0 bridgehead atoms. The van der Waals surface area contributed by atoms with E-state index >= 15 is 0 Å². The Balaban J connectivity index is 2.25. The number of ketones is 1. The summed E-state index contributed by atoms with van der Waals surface area (Å²) in [6.07, 6.45) is 2.36. The fourth-order valence-electron chi connectivity index (χ4n) is 1.61. The van der Waals surface area contributed by atoms with Crippen LogP contribution in [0.5, 0.6) is 0 Å². The number of nitrogens with one attached hydrogen (secondary N) is 1. The molecule has 0 aliphatic heterocycles. The molecule has 0 aromatic heterocycles. The Morgan fingerprint density at radius 2 is 1.82 bits per heavy atom. The molecule has 17 heavy (non-hydrogen) atoms. The first kappa shape index (κ1) is 13.7. The van der Waals surface area contributed by atoms with E-state index in [-0.39, 0.29) is 5.78 Å². The summed E-state index contributed by atoms with van der Waals surface area (Å²) in [4.78, 5) is 13.3. The Morgan fingerprint density at radius 1 is 1.18 bits per heavy atom. The lowest BCUT2D eigenvalue weighted by atomic mass is 10.1. The second-order valence-electron chi connectivity index (χ2n) is 4.57. The molecule has 0 atom stereocenters. The molecule has 0 radical (unpaired) electrons. The van der Waals surface area contributed by atoms with E-state index in [1.54, 1.807) is 6.92 Å². The number of unbranched alkanes of at least 4 members (excludes halogenated alkanes) is 1. The lowest BCUT2D eigenvalue weighted by Crippen LogP contribution is -2.14. The van der Waals surface area contributed by atoms with Crippen LogP contribution in [0, 0.1) is 0 Å². The third-order valence-corrected chi connectivity index (χ3v) is 2.65. The summed E-state index contributed by atoms with van der Waals surface area (Å²) in [5.41, 5.74) is 1.85. The minimum Gasteiger partial charge on any atom is -0.385 e. The third-order valence-electron chi connectivity index (χ3n) is 2.65. The molecule has 0 heterocycles. The number of benzene rings is 1. The lowest BCUT2D eigenvalue weighted by molar-refractivity contribution is 0.101. The van der Waals surface area contributed by atoms with E-state index in [1.807, 2.05) is 24.3 Å². The van der Waals surface area contributed by atoms with Crippen LogP contribution in [-0.2, 0) is 0 Å². The van der Waals surface area contributed by atoms with Gasteiger partial charge in [-0.15, -0.1) is 0 Å². The van der Waals surface area contributed by atoms with Gasteiger partial charge in [-0.1, -0.05) is 0 Å². The van der Waals surface area contributed by atoms with Crippen molar-refractivity contribution in [3.8, 4) is 0 Å². The van der Waals surface area contributed by atoms with Crippen LogP contribution in [-0.4, -0.2) is 37.9 Å². The van der Waals surface area contributed by atoms with E-state index in [9.17, 15) is 4.79 Å². The molecule has 0 unspecified atom stereocenters. The van der Waals surface area contributed by atoms with Crippen molar-refractivity contribution in [3.05, 3.63) is 29.8 Å². The van der Waals surface area contributed by atoms with Gasteiger partial charge in [-0.25, -0.2) is 0 Å². The molecule has 0 saturated heterocycles. The van der Waals surface area contributed by atoms with Gasteiger partial charge in [-0.2, -0.15) is 0 Å². The van der Waals surface area contributed by atoms with E-state index in [0.29, 0.717) is 0 Å². The highest BCUT2D eigenvalue weighted by molar-refractivity contribution is 5.94. The number of anilines is 1. The monoisotopic (exact) mass is 234 g/mol. The second-order valence-corrected chi connectivity index (χ2v) is 4.57. The number of hydrogen-bond donors (Lipinski definition) is 1. The van der Waals surface area contributed by atoms with E-state index in [4.69, 9.17) is 0 Å². The number of carbonyl (C=O) groups excluding carboxylic acids is 1. The van der Waals surface area contributed by atoms with Gasteiger partial charge in [0, 0.05) is 17.8 Å². The molecule has 3 nitrogen and oxygen atoms in total. The van der Waals surface area contributed by atoms with Crippen molar-refractivity contribution >= 4 is 11.5 Å². The molecule has 0 amide bonds. The predicted octanol–water partition coefficient (Wildman–Crippen LogP) is 2.64. The fraction of sp³-hybridized carbons (Fsp3) is 0.500. The predicted molar refractivity (Wildman–Crippen MR) is 72.7 cm³/mol. The zero-order chi connectivity index (χ0) is 12.7. The highest BCUT2D eigenvalue weighted by Gasteiger charge is 1.98. The second kappa shape index (κ2) is 7.07. The summed E-state index contributed by atoms with van der Waals surface area (Å²) in [7, 11) is 4.18. The summed E-state index contributed by atoms with van der Waals surface area (Å²) < 4.78 is 0. The van der Waals surface area contributed by atoms with Crippen LogP contribution in [0.4, 0.5) is 5.69 Å². The zero-order valence-corrected chi connectivity index (χ0v) is 11.0. The largest absolute Gasteiger partial charge is 0.385 e. The van der Waals surface area contributed by atoms with Crippen LogP contribution in [0.15, 0.2) is 24.3 Å². The molecule has 1 N–H and O–H groups in total. The van der Waals surface area contributed by atoms with Crippen molar-refractivity contribution in [1.82, 2.24) is 4.90 Å². The Labute approximate surface area is 104 Å². The minimum absolute atomic E-state index is 0.113. The van der Waals surface area contributed by atoms with Gasteiger partial charge >= 0.3 is 0 Å². The van der Waals surface area contributed by atoms with Gasteiger partial charge in [-0.3, -0.25) is 4.79 Å². The summed E-state index contributed by atoms with van der Waals surface area (Å²) in [5, 5.41) is 3.35. The molecule has 3 heteroatoms. The molecule has 0 aliphatic carbocycles. The molecule has 0 fully saturated rings. The topological polar surface area (TPSA) is 32.3 Å². The molecule has 0 aliphatic rings. The van der Waals surface area contributed by atoms with Crippen LogP contribution in [0.1, 0.15) is 30.1 Å². The first-order valence-corrected chi connectivity index (χ1v) is 6.09. The number of nitrogens with zero attached hydrogens (tertiary/aromatic N) is 1. The van der Waals surface area contributed by atoms with Gasteiger partial charge in [0.15, 0.2) is 5.78 Å². The first-order chi connectivity index (χ1) is 8.09. The maximum Gasteiger partial charge on any atom is 0.159 e. The number of rotatable bonds is 7. The summed E-state index contributed by atoms with van der Waals surface area (Å²) >= 11 is 0. The van der Waals surface area contributed by atoms with Crippen LogP contribution >= 0.6 is 0 Å². The number of carbonyl (C=O) groups is 1. The molecule has 1 aromatic rings. The van der Waals surface area contributed by atoms with Gasteiger partial charge in [0.2, 0.25) is 0 Å². The minimum atomic E-state index is 0.113. The Bertz CT molecular complexity index is 344. The normalized spacial score (nSPS) is 10.6. The molecule has 0 saturated carbocycles.